The van der Waals surface area contributed by atoms with Crippen molar-refractivity contribution in [1.29, 1.82) is 0 Å². The van der Waals surface area contributed by atoms with E-state index < -0.39 is 5.63 Å². The lowest BCUT2D eigenvalue weighted by Gasteiger charge is -2.13. The number of ether oxygens (including phenoxy) is 1. The van der Waals surface area contributed by atoms with Gasteiger partial charge in [-0.15, -0.1) is 0 Å². The standard InChI is InChI=1S/C21H20ClNO4/c1-11-7-13(3)20(16(22)8-11)23-18(24)10-26-17-6-5-15-12(2)9-19(25)27-21(15)14(17)4/h5-9H,10H2,1-4H3,(H,23,24). The summed E-state index contributed by atoms with van der Waals surface area (Å²) in [4.78, 5) is 23.9. The Labute approximate surface area is 161 Å². The van der Waals surface area contributed by atoms with Crippen molar-refractivity contribution in [3.63, 3.8) is 0 Å². The first-order chi connectivity index (χ1) is 12.8. The topological polar surface area (TPSA) is 68.5 Å². The molecule has 0 radical (unpaired) electrons. The number of halogens is 1. The van der Waals surface area contributed by atoms with Gasteiger partial charge in [-0.3, -0.25) is 4.79 Å². The summed E-state index contributed by atoms with van der Waals surface area (Å²) < 4.78 is 11.0. The monoisotopic (exact) mass is 385 g/mol. The first-order valence-corrected chi connectivity index (χ1v) is 8.87. The molecule has 0 spiro atoms. The number of rotatable bonds is 4. The van der Waals surface area contributed by atoms with Crippen molar-refractivity contribution in [1.82, 2.24) is 0 Å². The molecule has 0 saturated heterocycles. The van der Waals surface area contributed by atoms with Crippen molar-refractivity contribution in [3.8, 4) is 5.75 Å². The van der Waals surface area contributed by atoms with Crippen LogP contribution in [0.3, 0.4) is 0 Å². The zero-order valence-electron chi connectivity index (χ0n) is 15.6. The molecule has 27 heavy (non-hydrogen) atoms. The van der Waals surface area contributed by atoms with Crippen LogP contribution in [-0.4, -0.2) is 12.5 Å². The van der Waals surface area contributed by atoms with E-state index in [0.29, 0.717) is 27.6 Å². The Morgan fingerprint density at radius 3 is 2.56 bits per heavy atom. The minimum Gasteiger partial charge on any atom is -0.483 e. The van der Waals surface area contributed by atoms with Gasteiger partial charge in [0.05, 0.1) is 10.7 Å². The van der Waals surface area contributed by atoms with Crippen LogP contribution in [0, 0.1) is 27.7 Å². The molecule has 2 aromatic carbocycles. The highest BCUT2D eigenvalue weighted by Crippen LogP contribution is 2.29. The fourth-order valence-electron chi connectivity index (χ4n) is 3.05. The van der Waals surface area contributed by atoms with E-state index in [0.717, 1.165) is 22.1 Å². The summed E-state index contributed by atoms with van der Waals surface area (Å²) >= 11 is 6.22. The predicted octanol–water partition coefficient (Wildman–Crippen LogP) is 4.70. The van der Waals surface area contributed by atoms with E-state index in [4.69, 9.17) is 20.8 Å². The molecule has 0 aliphatic rings. The fourth-order valence-corrected chi connectivity index (χ4v) is 3.42. The van der Waals surface area contributed by atoms with E-state index in [-0.39, 0.29) is 12.5 Å². The number of fused-ring (bicyclic) bond motifs is 1. The van der Waals surface area contributed by atoms with Crippen LogP contribution in [0.5, 0.6) is 5.75 Å². The van der Waals surface area contributed by atoms with E-state index in [1.54, 1.807) is 19.1 Å². The third-order valence-corrected chi connectivity index (χ3v) is 4.67. The molecule has 0 atom stereocenters. The normalized spacial score (nSPS) is 10.9. The Morgan fingerprint density at radius 1 is 1.11 bits per heavy atom. The molecule has 3 rings (SSSR count). The largest absolute Gasteiger partial charge is 0.483 e. The number of nitrogens with one attached hydrogen (secondary N) is 1. The van der Waals surface area contributed by atoms with Crippen molar-refractivity contribution in [2.75, 3.05) is 11.9 Å². The molecule has 1 amide bonds. The quantitative estimate of drug-likeness (QED) is 0.661. The van der Waals surface area contributed by atoms with Crippen molar-refractivity contribution in [3.05, 3.63) is 68.0 Å². The van der Waals surface area contributed by atoms with Gasteiger partial charge in [0.1, 0.15) is 11.3 Å². The number of hydrogen-bond acceptors (Lipinski definition) is 4. The molecule has 0 aliphatic carbocycles. The van der Waals surface area contributed by atoms with Crippen LogP contribution < -0.4 is 15.7 Å². The van der Waals surface area contributed by atoms with Gasteiger partial charge < -0.3 is 14.5 Å². The van der Waals surface area contributed by atoms with Gasteiger partial charge in [0.15, 0.2) is 6.61 Å². The Kier molecular flexibility index (Phi) is 5.24. The van der Waals surface area contributed by atoms with Crippen LogP contribution in [0.25, 0.3) is 11.0 Å². The third kappa shape index (κ3) is 3.98. The van der Waals surface area contributed by atoms with Gasteiger partial charge in [0.25, 0.3) is 5.91 Å². The van der Waals surface area contributed by atoms with Crippen LogP contribution in [0.2, 0.25) is 5.02 Å². The fraction of sp³-hybridized carbons (Fsp3) is 0.238. The van der Waals surface area contributed by atoms with Crippen molar-refractivity contribution in [2.24, 2.45) is 0 Å². The highest BCUT2D eigenvalue weighted by molar-refractivity contribution is 6.34. The molecule has 3 aromatic rings. The summed E-state index contributed by atoms with van der Waals surface area (Å²) in [6, 6.07) is 8.77. The maximum atomic E-state index is 12.3. The molecule has 1 heterocycles. The number of anilines is 1. The zero-order chi connectivity index (χ0) is 19.7. The second-order valence-electron chi connectivity index (χ2n) is 6.59. The SMILES string of the molecule is Cc1cc(C)c(NC(=O)COc2ccc3c(C)cc(=O)oc3c2C)c(Cl)c1. The number of benzene rings is 2. The Bertz CT molecular complexity index is 1080. The highest BCUT2D eigenvalue weighted by Gasteiger charge is 2.13. The molecule has 0 saturated carbocycles. The number of aryl methyl sites for hydroxylation is 4. The Hall–Kier alpha value is -2.79. The first-order valence-electron chi connectivity index (χ1n) is 8.49. The molecule has 140 valence electrons. The molecule has 0 unspecified atom stereocenters. The van der Waals surface area contributed by atoms with Crippen molar-refractivity contribution in [2.45, 2.75) is 27.7 Å². The van der Waals surface area contributed by atoms with E-state index in [1.165, 1.54) is 6.07 Å². The maximum absolute atomic E-state index is 12.3. The third-order valence-electron chi connectivity index (χ3n) is 4.37. The smallest absolute Gasteiger partial charge is 0.336 e. The van der Waals surface area contributed by atoms with Crippen LogP contribution in [-0.2, 0) is 4.79 Å². The number of carbonyl (C=O) groups is 1. The summed E-state index contributed by atoms with van der Waals surface area (Å²) in [5, 5.41) is 4.11. The summed E-state index contributed by atoms with van der Waals surface area (Å²) in [5.41, 5.74) is 4.04. The summed E-state index contributed by atoms with van der Waals surface area (Å²) in [7, 11) is 0. The van der Waals surface area contributed by atoms with Gasteiger partial charge in [-0.2, -0.15) is 0 Å². The van der Waals surface area contributed by atoms with Crippen LogP contribution in [0.4, 0.5) is 5.69 Å². The van der Waals surface area contributed by atoms with Crippen LogP contribution in [0.1, 0.15) is 22.3 Å². The number of amides is 1. The van der Waals surface area contributed by atoms with Crippen molar-refractivity contribution < 1.29 is 13.9 Å². The molecule has 6 heteroatoms. The minimum atomic E-state index is -0.414. The second kappa shape index (κ2) is 7.45. The lowest BCUT2D eigenvalue weighted by molar-refractivity contribution is -0.118. The van der Waals surface area contributed by atoms with Crippen LogP contribution >= 0.6 is 11.6 Å². The number of hydrogen-bond donors (Lipinski definition) is 1. The van der Waals surface area contributed by atoms with Gasteiger partial charge in [-0.1, -0.05) is 17.7 Å². The average molecular weight is 386 g/mol. The van der Waals surface area contributed by atoms with Crippen LogP contribution in [0.15, 0.2) is 39.5 Å². The minimum absolute atomic E-state index is 0.188. The molecule has 1 aromatic heterocycles. The molecule has 1 N–H and O–H groups in total. The molecular weight excluding hydrogens is 366 g/mol. The predicted molar refractivity (Wildman–Crippen MR) is 107 cm³/mol. The molecular formula is C21H20ClNO4. The van der Waals surface area contributed by atoms with Gasteiger partial charge in [-0.05, 0) is 62.6 Å². The Balaban J connectivity index is 1.78. The highest BCUT2D eigenvalue weighted by atomic mass is 35.5. The molecule has 0 bridgehead atoms. The summed E-state index contributed by atoms with van der Waals surface area (Å²) in [6.07, 6.45) is 0. The van der Waals surface area contributed by atoms with Gasteiger partial charge in [0.2, 0.25) is 0 Å². The van der Waals surface area contributed by atoms with E-state index in [1.807, 2.05) is 32.9 Å². The second-order valence-corrected chi connectivity index (χ2v) is 7.00. The lowest BCUT2D eigenvalue weighted by atomic mass is 10.1. The Morgan fingerprint density at radius 2 is 1.85 bits per heavy atom. The first kappa shape index (κ1) is 19.0. The van der Waals surface area contributed by atoms with Crippen molar-refractivity contribution >= 4 is 34.2 Å². The molecule has 0 fully saturated rings. The molecule has 5 nitrogen and oxygen atoms in total. The maximum Gasteiger partial charge on any atom is 0.336 e. The summed E-state index contributed by atoms with van der Waals surface area (Å²) in [6.45, 7) is 7.27. The molecule has 0 aliphatic heterocycles. The summed E-state index contributed by atoms with van der Waals surface area (Å²) in [5.74, 6) is 0.159. The number of carbonyl (C=O) groups excluding carboxylic acids is 1. The average Bonchev–Trinajstić information content (AvgIpc) is 2.58. The van der Waals surface area contributed by atoms with E-state index in [2.05, 4.69) is 5.32 Å². The van der Waals surface area contributed by atoms with Gasteiger partial charge in [-0.25, -0.2) is 4.79 Å². The van der Waals surface area contributed by atoms with Gasteiger partial charge in [0, 0.05) is 17.0 Å². The van der Waals surface area contributed by atoms with E-state index >= 15 is 0 Å². The van der Waals surface area contributed by atoms with Gasteiger partial charge >= 0.3 is 5.63 Å². The zero-order valence-corrected chi connectivity index (χ0v) is 16.4. The lowest BCUT2D eigenvalue weighted by Crippen LogP contribution is -2.21. The van der Waals surface area contributed by atoms with E-state index in [9.17, 15) is 9.59 Å².